The van der Waals surface area contributed by atoms with Gasteiger partial charge in [-0.3, -0.25) is 9.69 Å². The number of nitrogens with zero attached hydrogens (tertiary/aromatic N) is 4. The molecule has 1 N–H and O–H groups in total. The summed E-state index contributed by atoms with van der Waals surface area (Å²) in [6, 6.07) is 9.01. The van der Waals surface area contributed by atoms with Gasteiger partial charge in [0.05, 0.1) is 23.5 Å². The average molecular weight is 405 g/mol. The van der Waals surface area contributed by atoms with Gasteiger partial charge in [-0.15, -0.1) is 5.10 Å². The van der Waals surface area contributed by atoms with E-state index in [-0.39, 0.29) is 12.2 Å². The van der Waals surface area contributed by atoms with E-state index in [2.05, 4.69) is 20.4 Å². The van der Waals surface area contributed by atoms with Crippen LogP contribution in [0.4, 0.5) is 24.7 Å². The molecule has 2 heterocycles. The van der Waals surface area contributed by atoms with Gasteiger partial charge in [-0.2, -0.15) is 18.3 Å². The quantitative estimate of drug-likeness (QED) is 0.828. The Labute approximate surface area is 166 Å². The van der Waals surface area contributed by atoms with Crippen molar-refractivity contribution in [3.8, 4) is 0 Å². The first-order chi connectivity index (χ1) is 13.9. The first-order valence-corrected chi connectivity index (χ1v) is 9.67. The minimum Gasteiger partial charge on any atom is -0.353 e. The third-order valence-corrected chi connectivity index (χ3v) is 5.24. The molecule has 0 radical (unpaired) electrons. The minimum atomic E-state index is -4.51. The van der Waals surface area contributed by atoms with Crippen molar-refractivity contribution in [2.45, 2.75) is 24.9 Å². The number of halogens is 3. The Morgan fingerprint density at radius 1 is 1.03 bits per heavy atom. The van der Waals surface area contributed by atoms with Crippen molar-refractivity contribution >= 4 is 17.4 Å². The Bertz CT molecular complexity index is 859. The number of benzene rings is 1. The molecular formula is C20H22F3N5O. The molecule has 1 aromatic carbocycles. The van der Waals surface area contributed by atoms with Gasteiger partial charge >= 0.3 is 6.18 Å². The zero-order valence-electron chi connectivity index (χ0n) is 15.8. The lowest BCUT2D eigenvalue weighted by molar-refractivity contribution is -0.137. The lowest BCUT2D eigenvalue weighted by Crippen LogP contribution is -2.49. The van der Waals surface area contributed by atoms with E-state index in [0.717, 1.165) is 17.6 Å². The molecule has 29 heavy (non-hydrogen) atoms. The summed E-state index contributed by atoms with van der Waals surface area (Å²) in [5.74, 6) is 0.927. The highest BCUT2D eigenvalue weighted by molar-refractivity contribution is 5.93. The maximum atomic E-state index is 13.1. The highest BCUT2D eigenvalue weighted by Gasteiger charge is 2.33. The van der Waals surface area contributed by atoms with E-state index >= 15 is 0 Å². The number of carbonyl (C=O) groups is 1. The van der Waals surface area contributed by atoms with Crippen molar-refractivity contribution in [3.05, 3.63) is 47.7 Å². The van der Waals surface area contributed by atoms with Gasteiger partial charge in [0.25, 0.3) is 0 Å². The molecule has 0 spiro atoms. The molecule has 1 saturated heterocycles. The van der Waals surface area contributed by atoms with Gasteiger partial charge in [-0.1, -0.05) is 12.1 Å². The van der Waals surface area contributed by atoms with Crippen LogP contribution in [0.2, 0.25) is 0 Å². The van der Waals surface area contributed by atoms with Crippen molar-refractivity contribution in [3.63, 3.8) is 0 Å². The Balaban J connectivity index is 1.29. The molecule has 1 amide bonds. The average Bonchev–Trinajstić information content (AvgIpc) is 3.54. The lowest BCUT2D eigenvalue weighted by atomic mass is 10.1. The Morgan fingerprint density at radius 2 is 1.76 bits per heavy atom. The van der Waals surface area contributed by atoms with Crippen LogP contribution in [-0.4, -0.2) is 53.7 Å². The third-order valence-electron chi connectivity index (χ3n) is 5.24. The van der Waals surface area contributed by atoms with E-state index in [4.69, 9.17) is 0 Å². The number of para-hydroxylation sites is 1. The predicted octanol–water partition coefficient (Wildman–Crippen LogP) is 3.13. The van der Waals surface area contributed by atoms with E-state index in [1.807, 2.05) is 17.0 Å². The summed E-state index contributed by atoms with van der Waals surface area (Å²) in [5.41, 5.74) is -0.00996. The van der Waals surface area contributed by atoms with Gasteiger partial charge in [0.2, 0.25) is 5.91 Å². The molecule has 0 unspecified atom stereocenters. The van der Waals surface area contributed by atoms with Crippen LogP contribution in [0.3, 0.4) is 0 Å². The van der Waals surface area contributed by atoms with E-state index in [9.17, 15) is 18.0 Å². The molecule has 4 rings (SSSR count). The minimum absolute atomic E-state index is 0.0479. The molecule has 2 aromatic rings. The summed E-state index contributed by atoms with van der Waals surface area (Å²) >= 11 is 0. The summed E-state index contributed by atoms with van der Waals surface area (Å²) in [5, 5.41) is 11.0. The second kappa shape index (κ2) is 7.98. The molecule has 1 aromatic heterocycles. The molecule has 2 fully saturated rings. The van der Waals surface area contributed by atoms with Crippen LogP contribution in [0.25, 0.3) is 0 Å². The molecule has 0 atom stereocenters. The summed E-state index contributed by atoms with van der Waals surface area (Å²) < 4.78 is 39.2. The second-order valence-electron chi connectivity index (χ2n) is 7.45. The fraction of sp³-hybridized carbons (Fsp3) is 0.450. The number of amides is 1. The van der Waals surface area contributed by atoms with Gasteiger partial charge in [0.1, 0.15) is 0 Å². The predicted molar refractivity (Wildman–Crippen MR) is 103 cm³/mol. The van der Waals surface area contributed by atoms with Crippen molar-refractivity contribution in [2.75, 3.05) is 42.9 Å². The standard InChI is InChI=1S/C20H22F3N5O/c21-20(22,23)15-3-1-2-4-17(15)24-19(29)13-27-9-11-28(12-10-27)18-8-7-16(25-26-18)14-5-6-14/h1-4,7-8,14H,5-6,9-13H2,(H,24,29). The largest absolute Gasteiger partial charge is 0.418 e. The smallest absolute Gasteiger partial charge is 0.353 e. The fourth-order valence-electron chi connectivity index (χ4n) is 3.47. The Kier molecular flexibility index (Phi) is 5.40. The summed E-state index contributed by atoms with van der Waals surface area (Å²) in [6.45, 7) is 2.67. The van der Waals surface area contributed by atoms with Crippen molar-refractivity contribution in [2.24, 2.45) is 0 Å². The number of carbonyl (C=O) groups excluding carboxylic acids is 1. The number of aromatic nitrogens is 2. The number of piperazine rings is 1. The van der Waals surface area contributed by atoms with Gasteiger partial charge in [0.15, 0.2) is 5.82 Å². The van der Waals surface area contributed by atoms with Gasteiger partial charge in [0, 0.05) is 32.1 Å². The van der Waals surface area contributed by atoms with E-state index in [1.165, 1.54) is 31.0 Å². The number of rotatable bonds is 5. The fourth-order valence-corrected chi connectivity index (χ4v) is 3.47. The van der Waals surface area contributed by atoms with E-state index in [1.54, 1.807) is 0 Å². The molecule has 154 valence electrons. The van der Waals surface area contributed by atoms with E-state index in [0.29, 0.717) is 32.1 Å². The summed E-state index contributed by atoms with van der Waals surface area (Å²) in [7, 11) is 0. The lowest BCUT2D eigenvalue weighted by Gasteiger charge is -2.34. The molecule has 1 saturated carbocycles. The summed E-state index contributed by atoms with van der Waals surface area (Å²) in [6.07, 6.45) is -2.14. The Morgan fingerprint density at radius 3 is 2.38 bits per heavy atom. The number of hydrogen-bond donors (Lipinski definition) is 1. The normalized spacial score (nSPS) is 18.0. The monoisotopic (exact) mass is 405 g/mol. The van der Waals surface area contributed by atoms with Crippen LogP contribution in [0.1, 0.15) is 30.0 Å². The third kappa shape index (κ3) is 4.84. The highest BCUT2D eigenvalue weighted by atomic mass is 19.4. The SMILES string of the molecule is O=C(CN1CCN(c2ccc(C3CC3)nn2)CC1)Nc1ccccc1C(F)(F)F. The van der Waals surface area contributed by atoms with E-state index < -0.39 is 17.6 Å². The first-order valence-electron chi connectivity index (χ1n) is 9.67. The Hall–Kier alpha value is -2.68. The van der Waals surface area contributed by atoms with Gasteiger partial charge in [-0.25, -0.2) is 0 Å². The zero-order chi connectivity index (χ0) is 20.4. The molecule has 2 aliphatic rings. The van der Waals surface area contributed by atoms with Gasteiger partial charge in [-0.05, 0) is 37.1 Å². The zero-order valence-corrected chi connectivity index (χ0v) is 15.8. The first kappa shape index (κ1) is 19.6. The maximum absolute atomic E-state index is 13.1. The van der Waals surface area contributed by atoms with Crippen molar-refractivity contribution in [1.82, 2.24) is 15.1 Å². The van der Waals surface area contributed by atoms with Crippen LogP contribution < -0.4 is 10.2 Å². The van der Waals surface area contributed by atoms with Gasteiger partial charge < -0.3 is 10.2 Å². The topological polar surface area (TPSA) is 61.4 Å². The molecule has 0 bridgehead atoms. The molecule has 6 nitrogen and oxygen atoms in total. The number of anilines is 2. The summed E-state index contributed by atoms with van der Waals surface area (Å²) in [4.78, 5) is 16.3. The van der Waals surface area contributed by atoms with Crippen molar-refractivity contribution in [1.29, 1.82) is 0 Å². The number of alkyl halides is 3. The van der Waals surface area contributed by atoms with Crippen LogP contribution in [0.5, 0.6) is 0 Å². The molecular weight excluding hydrogens is 383 g/mol. The van der Waals surface area contributed by atoms with Crippen LogP contribution in [0.15, 0.2) is 36.4 Å². The molecule has 9 heteroatoms. The maximum Gasteiger partial charge on any atom is 0.418 e. The van der Waals surface area contributed by atoms with Crippen molar-refractivity contribution < 1.29 is 18.0 Å². The molecule has 1 aliphatic heterocycles. The number of hydrogen-bond acceptors (Lipinski definition) is 5. The highest BCUT2D eigenvalue weighted by Crippen LogP contribution is 2.38. The van der Waals surface area contributed by atoms with Crippen LogP contribution >= 0.6 is 0 Å². The number of nitrogens with one attached hydrogen (secondary N) is 1. The molecule has 1 aliphatic carbocycles. The van der Waals surface area contributed by atoms with Crippen LogP contribution in [-0.2, 0) is 11.0 Å². The van der Waals surface area contributed by atoms with Crippen LogP contribution in [0, 0.1) is 0 Å². The second-order valence-corrected chi connectivity index (χ2v) is 7.45.